The van der Waals surface area contributed by atoms with E-state index in [9.17, 15) is 0 Å². The van der Waals surface area contributed by atoms with Crippen LogP contribution >= 0.6 is 0 Å². The molecule has 0 N–H and O–H groups in total. The second-order valence-electron chi connectivity index (χ2n) is 5.74. The average molecular weight is 200 g/mol. The van der Waals surface area contributed by atoms with Gasteiger partial charge in [-0.05, 0) is 47.9 Å². The predicted molar refractivity (Wildman–Crippen MR) is 67.2 cm³/mol. The molecule has 0 saturated heterocycles. The largest absolute Gasteiger partial charge is 0.0683 e. The second-order valence-corrected chi connectivity index (χ2v) is 5.74. The molecule has 0 heteroatoms. The summed E-state index contributed by atoms with van der Waals surface area (Å²) >= 11 is 0. The molecule has 0 amide bonds. The van der Waals surface area contributed by atoms with E-state index in [-0.39, 0.29) is 5.41 Å². The highest BCUT2D eigenvalue weighted by atomic mass is 14.3. The van der Waals surface area contributed by atoms with Crippen LogP contribution in [-0.4, -0.2) is 0 Å². The molecule has 0 bridgehead atoms. The summed E-state index contributed by atoms with van der Waals surface area (Å²) in [5.74, 6) is 0. The van der Waals surface area contributed by atoms with Crippen LogP contribution in [-0.2, 0) is 11.8 Å². The highest BCUT2D eigenvalue weighted by Gasteiger charge is 2.22. The summed E-state index contributed by atoms with van der Waals surface area (Å²) < 4.78 is 0. The number of hydrogen-bond donors (Lipinski definition) is 0. The van der Waals surface area contributed by atoms with Crippen LogP contribution < -0.4 is 0 Å². The fraction of sp³-hybridized carbons (Fsp3) is 0.467. The smallest absolute Gasteiger partial charge is 0.00579 e. The van der Waals surface area contributed by atoms with Gasteiger partial charge in [0.25, 0.3) is 0 Å². The van der Waals surface area contributed by atoms with Crippen molar-refractivity contribution < 1.29 is 0 Å². The second kappa shape index (κ2) is 3.23. The quantitative estimate of drug-likeness (QED) is 0.587. The van der Waals surface area contributed by atoms with Crippen LogP contribution in [0, 0.1) is 6.92 Å². The molecule has 0 nitrogen and oxygen atoms in total. The van der Waals surface area contributed by atoms with Crippen molar-refractivity contribution in [2.75, 3.05) is 0 Å². The summed E-state index contributed by atoms with van der Waals surface area (Å²) in [5.41, 5.74) is 7.69. The van der Waals surface area contributed by atoms with Crippen LogP contribution in [0.4, 0.5) is 0 Å². The van der Waals surface area contributed by atoms with E-state index in [1.54, 1.807) is 5.56 Å². The third-order valence-corrected chi connectivity index (χ3v) is 3.25. The first-order valence-corrected chi connectivity index (χ1v) is 5.70. The maximum absolute atomic E-state index is 2.36. The van der Waals surface area contributed by atoms with E-state index in [2.05, 4.69) is 52.8 Å². The number of benzene rings is 1. The van der Waals surface area contributed by atoms with Crippen LogP contribution in [0.2, 0.25) is 0 Å². The van der Waals surface area contributed by atoms with Crippen molar-refractivity contribution in [2.45, 2.75) is 46.5 Å². The van der Waals surface area contributed by atoms with Gasteiger partial charge in [0.2, 0.25) is 0 Å². The molecule has 1 aliphatic rings. The molecule has 0 fully saturated rings. The Bertz CT molecular complexity index is 428. The molecule has 0 radical (unpaired) electrons. The molecule has 0 heterocycles. The van der Waals surface area contributed by atoms with Gasteiger partial charge >= 0.3 is 0 Å². The minimum atomic E-state index is 0.249. The first-order chi connectivity index (χ1) is 6.89. The van der Waals surface area contributed by atoms with Crippen LogP contribution in [0.3, 0.4) is 0 Å². The van der Waals surface area contributed by atoms with Crippen molar-refractivity contribution in [3.63, 3.8) is 0 Å². The molecule has 15 heavy (non-hydrogen) atoms. The van der Waals surface area contributed by atoms with Gasteiger partial charge in [-0.15, -0.1) is 0 Å². The molecule has 80 valence electrons. The predicted octanol–water partition coefficient (Wildman–Crippen LogP) is 4.25. The summed E-state index contributed by atoms with van der Waals surface area (Å²) in [4.78, 5) is 0. The van der Waals surface area contributed by atoms with Gasteiger partial charge in [0.15, 0.2) is 0 Å². The summed E-state index contributed by atoms with van der Waals surface area (Å²) in [6.45, 7) is 11.3. The Morgan fingerprint density at radius 1 is 1.07 bits per heavy atom. The van der Waals surface area contributed by atoms with Crippen molar-refractivity contribution in [3.05, 3.63) is 40.0 Å². The first-order valence-electron chi connectivity index (χ1n) is 5.70. The fourth-order valence-corrected chi connectivity index (χ4v) is 2.40. The van der Waals surface area contributed by atoms with Gasteiger partial charge < -0.3 is 0 Å². The number of fused-ring (bicyclic) bond motifs is 1. The maximum atomic E-state index is 2.36. The molecule has 0 aromatic heterocycles. The standard InChI is InChI=1S/C15H20/c1-10-8-12-11(2)6-7-14(13(12)9-10)15(3,4)5/h6-7,9H,8H2,1-5H3. The maximum Gasteiger partial charge on any atom is -0.00579 e. The molecule has 1 aromatic carbocycles. The molecule has 1 aliphatic carbocycles. The van der Waals surface area contributed by atoms with Crippen molar-refractivity contribution in [1.82, 2.24) is 0 Å². The zero-order valence-corrected chi connectivity index (χ0v) is 10.4. The molecule has 0 saturated carbocycles. The minimum absolute atomic E-state index is 0.249. The number of allylic oxidation sites excluding steroid dienone is 1. The summed E-state index contributed by atoms with van der Waals surface area (Å²) in [7, 11) is 0. The van der Waals surface area contributed by atoms with Crippen molar-refractivity contribution in [3.8, 4) is 0 Å². The Kier molecular flexibility index (Phi) is 2.26. The van der Waals surface area contributed by atoms with Gasteiger partial charge in [-0.25, -0.2) is 0 Å². The Labute approximate surface area is 93.0 Å². The van der Waals surface area contributed by atoms with E-state index in [1.165, 1.54) is 22.3 Å². The van der Waals surface area contributed by atoms with E-state index < -0.39 is 0 Å². The van der Waals surface area contributed by atoms with Crippen molar-refractivity contribution in [2.24, 2.45) is 0 Å². The van der Waals surface area contributed by atoms with Gasteiger partial charge in [-0.2, -0.15) is 0 Å². The summed E-state index contributed by atoms with van der Waals surface area (Å²) in [6.07, 6.45) is 3.51. The lowest BCUT2D eigenvalue weighted by Crippen LogP contribution is -2.13. The lowest BCUT2D eigenvalue weighted by atomic mass is 9.82. The molecule has 0 aliphatic heterocycles. The van der Waals surface area contributed by atoms with E-state index >= 15 is 0 Å². The normalized spacial score (nSPS) is 15.1. The molecular weight excluding hydrogens is 180 g/mol. The van der Waals surface area contributed by atoms with Gasteiger partial charge in [-0.3, -0.25) is 0 Å². The molecule has 0 unspecified atom stereocenters. The van der Waals surface area contributed by atoms with Gasteiger partial charge in [0.05, 0.1) is 0 Å². The lowest BCUT2D eigenvalue weighted by Gasteiger charge is -2.23. The Balaban J connectivity index is 2.65. The van der Waals surface area contributed by atoms with Crippen LogP contribution in [0.25, 0.3) is 6.08 Å². The zero-order chi connectivity index (χ0) is 11.2. The topological polar surface area (TPSA) is 0 Å². The fourth-order valence-electron chi connectivity index (χ4n) is 2.40. The Hall–Kier alpha value is -1.04. The number of aryl methyl sites for hydroxylation is 1. The Morgan fingerprint density at radius 2 is 1.73 bits per heavy atom. The molecule has 0 spiro atoms. The van der Waals surface area contributed by atoms with E-state index in [1.807, 2.05) is 0 Å². The molecule has 1 aromatic rings. The van der Waals surface area contributed by atoms with Gasteiger partial charge in [-0.1, -0.05) is 44.6 Å². The van der Waals surface area contributed by atoms with Gasteiger partial charge in [0, 0.05) is 0 Å². The molecule has 0 atom stereocenters. The van der Waals surface area contributed by atoms with Crippen LogP contribution in [0.15, 0.2) is 17.7 Å². The average Bonchev–Trinajstić information content (AvgIpc) is 2.45. The Morgan fingerprint density at radius 3 is 2.33 bits per heavy atom. The molecular formula is C15H20. The SMILES string of the molecule is CC1=Cc2c(C(C)(C)C)ccc(C)c2C1. The third-order valence-electron chi connectivity index (χ3n) is 3.25. The van der Waals surface area contributed by atoms with Crippen molar-refractivity contribution in [1.29, 1.82) is 0 Å². The zero-order valence-electron chi connectivity index (χ0n) is 10.4. The minimum Gasteiger partial charge on any atom is -0.0683 e. The van der Waals surface area contributed by atoms with E-state index in [0.29, 0.717) is 0 Å². The number of hydrogen-bond acceptors (Lipinski definition) is 0. The molecule has 2 rings (SSSR count). The van der Waals surface area contributed by atoms with Crippen LogP contribution in [0.1, 0.15) is 49.9 Å². The number of rotatable bonds is 0. The monoisotopic (exact) mass is 200 g/mol. The van der Waals surface area contributed by atoms with E-state index in [0.717, 1.165) is 6.42 Å². The first kappa shape index (κ1) is 10.5. The van der Waals surface area contributed by atoms with Crippen molar-refractivity contribution >= 4 is 6.08 Å². The van der Waals surface area contributed by atoms with E-state index in [4.69, 9.17) is 0 Å². The van der Waals surface area contributed by atoms with Gasteiger partial charge in [0.1, 0.15) is 0 Å². The highest BCUT2D eigenvalue weighted by Crippen LogP contribution is 2.36. The summed E-state index contributed by atoms with van der Waals surface area (Å²) in [5, 5.41) is 0. The lowest BCUT2D eigenvalue weighted by molar-refractivity contribution is 0.588. The third kappa shape index (κ3) is 1.73. The van der Waals surface area contributed by atoms with Crippen LogP contribution in [0.5, 0.6) is 0 Å². The highest BCUT2D eigenvalue weighted by molar-refractivity contribution is 5.69. The summed E-state index contributed by atoms with van der Waals surface area (Å²) in [6, 6.07) is 4.56.